The van der Waals surface area contributed by atoms with Crippen LogP contribution in [0.3, 0.4) is 0 Å². The van der Waals surface area contributed by atoms with Crippen molar-refractivity contribution in [2.24, 2.45) is 0 Å². The molecule has 0 heterocycles. The van der Waals surface area contributed by atoms with Crippen molar-refractivity contribution in [2.45, 2.75) is 20.8 Å². The summed E-state index contributed by atoms with van der Waals surface area (Å²) in [6.07, 6.45) is 2.07. The van der Waals surface area contributed by atoms with E-state index in [-0.39, 0.29) is 0 Å². The molecule has 70 valence electrons. The first-order valence-electron chi connectivity index (χ1n) is 4.54. The van der Waals surface area contributed by atoms with Crippen molar-refractivity contribution in [3.63, 3.8) is 0 Å². The SMILES string of the molecule is CC=C(C)COc1ccccc1C. The first-order valence-corrected chi connectivity index (χ1v) is 4.54. The van der Waals surface area contributed by atoms with Crippen molar-refractivity contribution in [1.82, 2.24) is 0 Å². The van der Waals surface area contributed by atoms with E-state index < -0.39 is 0 Å². The summed E-state index contributed by atoms with van der Waals surface area (Å²) in [6, 6.07) is 8.07. The van der Waals surface area contributed by atoms with Gasteiger partial charge in [0.15, 0.2) is 0 Å². The van der Waals surface area contributed by atoms with E-state index in [0.717, 1.165) is 5.75 Å². The topological polar surface area (TPSA) is 9.23 Å². The molecule has 0 radical (unpaired) electrons. The lowest BCUT2D eigenvalue weighted by Crippen LogP contribution is -1.99. The van der Waals surface area contributed by atoms with E-state index in [2.05, 4.69) is 26.0 Å². The Hall–Kier alpha value is -1.24. The Morgan fingerprint density at radius 2 is 2.08 bits per heavy atom. The number of allylic oxidation sites excluding steroid dienone is 1. The van der Waals surface area contributed by atoms with Gasteiger partial charge in [-0.15, -0.1) is 0 Å². The van der Waals surface area contributed by atoms with Gasteiger partial charge in [-0.3, -0.25) is 0 Å². The molecule has 0 atom stereocenters. The molecule has 0 unspecified atom stereocenters. The maximum absolute atomic E-state index is 5.62. The molecule has 0 amide bonds. The number of aryl methyl sites for hydroxylation is 1. The van der Waals surface area contributed by atoms with Crippen LogP contribution in [0.1, 0.15) is 19.4 Å². The van der Waals surface area contributed by atoms with Gasteiger partial charge in [0.25, 0.3) is 0 Å². The van der Waals surface area contributed by atoms with Gasteiger partial charge in [-0.2, -0.15) is 0 Å². The molecule has 0 aliphatic carbocycles. The monoisotopic (exact) mass is 176 g/mol. The molecule has 0 saturated carbocycles. The molecule has 0 bridgehead atoms. The summed E-state index contributed by atoms with van der Waals surface area (Å²) in [7, 11) is 0. The Kier molecular flexibility index (Phi) is 3.56. The Balaban J connectivity index is 2.60. The molecular formula is C12H16O. The zero-order valence-electron chi connectivity index (χ0n) is 8.50. The van der Waals surface area contributed by atoms with Crippen LogP contribution in [0.15, 0.2) is 35.9 Å². The van der Waals surface area contributed by atoms with Crippen molar-refractivity contribution in [3.05, 3.63) is 41.5 Å². The molecule has 0 saturated heterocycles. The maximum atomic E-state index is 5.62. The molecule has 0 spiro atoms. The summed E-state index contributed by atoms with van der Waals surface area (Å²) in [6.45, 7) is 6.83. The molecule has 0 aromatic heterocycles. The molecule has 1 nitrogen and oxygen atoms in total. The van der Waals surface area contributed by atoms with Crippen LogP contribution in [0, 0.1) is 6.92 Å². The second-order valence-corrected chi connectivity index (χ2v) is 3.19. The summed E-state index contributed by atoms with van der Waals surface area (Å²) in [5.41, 5.74) is 2.44. The van der Waals surface area contributed by atoms with E-state index in [9.17, 15) is 0 Å². The van der Waals surface area contributed by atoms with Crippen LogP contribution < -0.4 is 4.74 Å². The molecular weight excluding hydrogens is 160 g/mol. The van der Waals surface area contributed by atoms with E-state index in [4.69, 9.17) is 4.74 Å². The fourth-order valence-electron chi connectivity index (χ4n) is 0.993. The second kappa shape index (κ2) is 4.70. The third kappa shape index (κ3) is 2.94. The van der Waals surface area contributed by atoms with Crippen molar-refractivity contribution in [1.29, 1.82) is 0 Å². The number of ether oxygens (including phenoxy) is 1. The molecule has 1 aromatic carbocycles. The van der Waals surface area contributed by atoms with Gasteiger partial charge < -0.3 is 4.74 Å². The number of para-hydroxylation sites is 1. The average molecular weight is 176 g/mol. The van der Waals surface area contributed by atoms with Crippen LogP contribution in [-0.4, -0.2) is 6.61 Å². The van der Waals surface area contributed by atoms with Gasteiger partial charge in [-0.05, 0) is 38.0 Å². The third-order valence-corrected chi connectivity index (χ3v) is 2.04. The highest BCUT2D eigenvalue weighted by Crippen LogP contribution is 2.16. The molecule has 0 fully saturated rings. The minimum Gasteiger partial charge on any atom is -0.489 e. The van der Waals surface area contributed by atoms with Crippen LogP contribution in [0.4, 0.5) is 0 Å². The summed E-state index contributed by atoms with van der Waals surface area (Å²) in [4.78, 5) is 0. The molecule has 1 rings (SSSR count). The van der Waals surface area contributed by atoms with Gasteiger partial charge in [-0.1, -0.05) is 24.3 Å². The minimum absolute atomic E-state index is 0.682. The Morgan fingerprint density at radius 1 is 1.38 bits per heavy atom. The van der Waals surface area contributed by atoms with Crippen molar-refractivity contribution in [2.75, 3.05) is 6.61 Å². The lowest BCUT2D eigenvalue weighted by molar-refractivity contribution is 0.349. The summed E-state index contributed by atoms with van der Waals surface area (Å²) in [5, 5.41) is 0. The van der Waals surface area contributed by atoms with Crippen molar-refractivity contribution < 1.29 is 4.74 Å². The molecule has 0 aliphatic heterocycles. The van der Waals surface area contributed by atoms with Crippen LogP contribution in [-0.2, 0) is 0 Å². The van der Waals surface area contributed by atoms with Crippen molar-refractivity contribution >= 4 is 0 Å². The Labute approximate surface area is 80.0 Å². The van der Waals surface area contributed by atoms with Crippen LogP contribution in [0.5, 0.6) is 5.75 Å². The largest absolute Gasteiger partial charge is 0.489 e. The molecule has 0 aliphatic rings. The number of benzene rings is 1. The van der Waals surface area contributed by atoms with Crippen LogP contribution in [0.2, 0.25) is 0 Å². The van der Waals surface area contributed by atoms with Crippen molar-refractivity contribution in [3.8, 4) is 5.75 Å². The minimum atomic E-state index is 0.682. The van der Waals surface area contributed by atoms with E-state index in [1.54, 1.807) is 0 Å². The number of hydrogen-bond donors (Lipinski definition) is 0. The van der Waals surface area contributed by atoms with Gasteiger partial charge in [0.05, 0.1) is 0 Å². The van der Waals surface area contributed by atoms with Crippen LogP contribution >= 0.6 is 0 Å². The second-order valence-electron chi connectivity index (χ2n) is 3.19. The van der Waals surface area contributed by atoms with Gasteiger partial charge in [-0.25, -0.2) is 0 Å². The molecule has 1 heteroatoms. The third-order valence-electron chi connectivity index (χ3n) is 2.04. The molecule has 1 aromatic rings. The van der Waals surface area contributed by atoms with Gasteiger partial charge >= 0.3 is 0 Å². The zero-order chi connectivity index (χ0) is 9.68. The van der Waals surface area contributed by atoms with Gasteiger partial charge in [0, 0.05) is 0 Å². The molecule has 0 N–H and O–H groups in total. The standard InChI is InChI=1S/C12H16O/c1-4-10(2)9-13-12-8-6-5-7-11(12)3/h4-8H,9H2,1-3H3. The fourth-order valence-corrected chi connectivity index (χ4v) is 0.993. The number of hydrogen-bond acceptors (Lipinski definition) is 1. The summed E-state index contributed by atoms with van der Waals surface area (Å²) < 4.78 is 5.62. The lowest BCUT2D eigenvalue weighted by Gasteiger charge is -2.08. The highest BCUT2D eigenvalue weighted by Gasteiger charge is 1.96. The Morgan fingerprint density at radius 3 is 2.69 bits per heavy atom. The van der Waals surface area contributed by atoms with E-state index >= 15 is 0 Å². The van der Waals surface area contributed by atoms with E-state index in [1.165, 1.54) is 11.1 Å². The first-order chi connectivity index (χ1) is 6.24. The fraction of sp³-hybridized carbons (Fsp3) is 0.333. The summed E-state index contributed by atoms with van der Waals surface area (Å²) in [5.74, 6) is 0.976. The average Bonchev–Trinajstić information content (AvgIpc) is 2.16. The summed E-state index contributed by atoms with van der Waals surface area (Å²) >= 11 is 0. The van der Waals surface area contributed by atoms with Gasteiger partial charge in [0.2, 0.25) is 0 Å². The quantitative estimate of drug-likeness (QED) is 0.642. The molecule has 13 heavy (non-hydrogen) atoms. The predicted octanol–water partition coefficient (Wildman–Crippen LogP) is 3.34. The normalized spacial score (nSPS) is 11.5. The first kappa shape index (κ1) is 9.85. The van der Waals surface area contributed by atoms with Gasteiger partial charge in [0.1, 0.15) is 12.4 Å². The van der Waals surface area contributed by atoms with E-state index in [1.807, 2.05) is 25.1 Å². The number of rotatable bonds is 3. The zero-order valence-corrected chi connectivity index (χ0v) is 8.50. The maximum Gasteiger partial charge on any atom is 0.122 e. The van der Waals surface area contributed by atoms with Crippen LogP contribution in [0.25, 0.3) is 0 Å². The Bertz CT molecular complexity index is 300. The highest BCUT2D eigenvalue weighted by molar-refractivity contribution is 5.32. The lowest BCUT2D eigenvalue weighted by atomic mass is 10.2. The highest BCUT2D eigenvalue weighted by atomic mass is 16.5. The smallest absolute Gasteiger partial charge is 0.122 e. The van der Waals surface area contributed by atoms with E-state index in [0.29, 0.717) is 6.61 Å². The predicted molar refractivity (Wildman–Crippen MR) is 56.1 cm³/mol.